The molecule has 0 aliphatic rings. The number of hydrogen-bond donors (Lipinski definition) is 2. The van der Waals surface area contributed by atoms with Crippen LogP contribution in [0.1, 0.15) is 0 Å². The molecular weight excluding hydrogens is 258 g/mol. The summed E-state index contributed by atoms with van der Waals surface area (Å²) in [7, 11) is 1.71. The first-order chi connectivity index (χ1) is 5.15. The SMILES string of the molecule is CNc1cc(F)c(I)cc1N. The number of hydrogen-bond acceptors (Lipinski definition) is 2. The van der Waals surface area contributed by atoms with E-state index in [-0.39, 0.29) is 5.82 Å². The van der Waals surface area contributed by atoms with Gasteiger partial charge >= 0.3 is 0 Å². The molecule has 60 valence electrons. The quantitative estimate of drug-likeness (QED) is 0.603. The molecule has 0 aliphatic carbocycles. The van der Waals surface area contributed by atoms with E-state index in [0.29, 0.717) is 14.9 Å². The van der Waals surface area contributed by atoms with Crippen LogP contribution in [0.15, 0.2) is 12.1 Å². The monoisotopic (exact) mass is 266 g/mol. The highest BCUT2D eigenvalue weighted by molar-refractivity contribution is 14.1. The lowest BCUT2D eigenvalue weighted by Crippen LogP contribution is -1.97. The van der Waals surface area contributed by atoms with Crippen molar-refractivity contribution in [3.8, 4) is 0 Å². The average Bonchev–Trinajstić information content (AvgIpc) is 1.97. The van der Waals surface area contributed by atoms with Crippen LogP contribution in [0, 0.1) is 9.39 Å². The van der Waals surface area contributed by atoms with E-state index in [9.17, 15) is 4.39 Å². The van der Waals surface area contributed by atoms with Gasteiger partial charge in [0.2, 0.25) is 0 Å². The van der Waals surface area contributed by atoms with Crippen LogP contribution in [0.3, 0.4) is 0 Å². The Morgan fingerprint density at radius 2 is 2.18 bits per heavy atom. The minimum Gasteiger partial charge on any atom is -0.397 e. The lowest BCUT2D eigenvalue weighted by atomic mass is 10.2. The molecule has 4 heteroatoms. The number of anilines is 2. The third kappa shape index (κ3) is 1.74. The van der Waals surface area contributed by atoms with Gasteiger partial charge in [0.15, 0.2) is 0 Å². The van der Waals surface area contributed by atoms with Crippen LogP contribution in [0.2, 0.25) is 0 Å². The second kappa shape index (κ2) is 3.25. The molecule has 0 fully saturated rings. The topological polar surface area (TPSA) is 38.0 Å². The molecular formula is C7H8FIN2. The summed E-state index contributed by atoms with van der Waals surface area (Å²) in [5.74, 6) is -0.246. The molecule has 0 spiro atoms. The van der Waals surface area contributed by atoms with E-state index in [1.807, 2.05) is 22.6 Å². The Hall–Kier alpha value is -0.520. The average molecular weight is 266 g/mol. The van der Waals surface area contributed by atoms with E-state index in [4.69, 9.17) is 5.73 Å². The van der Waals surface area contributed by atoms with E-state index < -0.39 is 0 Å². The van der Waals surface area contributed by atoms with Crippen molar-refractivity contribution in [3.63, 3.8) is 0 Å². The van der Waals surface area contributed by atoms with Gasteiger partial charge < -0.3 is 11.1 Å². The number of nitrogens with one attached hydrogen (secondary N) is 1. The summed E-state index contributed by atoms with van der Waals surface area (Å²) in [5.41, 5.74) is 6.76. The molecule has 0 atom stereocenters. The molecule has 0 saturated heterocycles. The van der Waals surface area contributed by atoms with Crippen LogP contribution in [0.25, 0.3) is 0 Å². The van der Waals surface area contributed by atoms with Crippen LogP contribution < -0.4 is 11.1 Å². The molecule has 1 aromatic carbocycles. The van der Waals surface area contributed by atoms with Crippen LogP contribution >= 0.6 is 22.6 Å². The van der Waals surface area contributed by atoms with Crippen LogP contribution in [0.4, 0.5) is 15.8 Å². The summed E-state index contributed by atoms with van der Waals surface area (Å²) in [6, 6.07) is 2.98. The normalized spacial score (nSPS) is 9.73. The predicted molar refractivity (Wildman–Crippen MR) is 53.1 cm³/mol. The minimum atomic E-state index is -0.246. The summed E-state index contributed by atoms with van der Waals surface area (Å²) in [6.45, 7) is 0. The summed E-state index contributed by atoms with van der Waals surface area (Å²) in [5, 5.41) is 2.79. The fourth-order valence-electron chi connectivity index (χ4n) is 0.779. The first-order valence-electron chi connectivity index (χ1n) is 3.07. The van der Waals surface area contributed by atoms with E-state index in [0.717, 1.165) is 0 Å². The number of nitrogens with two attached hydrogens (primary N) is 1. The molecule has 3 N–H and O–H groups in total. The van der Waals surface area contributed by atoms with Gasteiger partial charge in [0.25, 0.3) is 0 Å². The minimum absolute atomic E-state index is 0.246. The summed E-state index contributed by atoms with van der Waals surface area (Å²) in [6.07, 6.45) is 0. The Labute approximate surface area is 78.1 Å². The van der Waals surface area contributed by atoms with Gasteiger partial charge in [-0.05, 0) is 28.7 Å². The van der Waals surface area contributed by atoms with Crippen molar-refractivity contribution < 1.29 is 4.39 Å². The van der Waals surface area contributed by atoms with Crippen LogP contribution in [0.5, 0.6) is 0 Å². The second-order valence-corrected chi connectivity index (χ2v) is 3.27. The molecule has 0 aromatic heterocycles. The highest BCUT2D eigenvalue weighted by Crippen LogP contribution is 2.23. The van der Waals surface area contributed by atoms with Crippen molar-refractivity contribution >= 4 is 34.0 Å². The maximum Gasteiger partial charge on any atom is 0.138 e. The third-order valence-electron chi connectivity index (χ3n) is 1.36. The molecule has 0 unspecified atom stereocenters. The number of rotatable bonds is 1. The van der Waals surface area contributed by atoms with Gasteiger partial charge in [-0.1, -0.05) is 0 Å². The molecule has 0 aliphatic heterocycles. The Morgan fingerprint density at radius 1 is 1.55 bits per heavy atom. The van der Waals surface area contributed by atoms with Crippen molar-refractivity contribution in [1.82, 2.24) is 0 Å². The van der Waals surface area contributed by atoms with E-state index in [2.05, 4.69) is 5.32 Å². The lowest BCUT2D eigenvalue weighted by molar-refractivity contribution is 0.621. The summed E-state index contributed by atoms with van der Waals surface area (Å²) < 4.78 is 13.4. The van der Waals surface area contributed by atoms with Gasteiger partial charge in [0.1, 0.15) is 5.82 Å². The van der Waals surface area contributed by atoms with Gasteiger partial charge in [-0.3, -0.25) is 0 Å². The maximum atomic E-state index is 12.8. The molecule has 0 bridgehead atoms. The largest absolute Gasteiger partial charge is 0.397 e. The van der Waals surface area contributed by atoms with Gasteiger partial charge in [-0.2, -0.15) is 0 Å². The molecule has 0 radical (unpaired) electrons. The standard InChI is InChI=1S/C7H8FIN2/c1-11-7-2-4(8)5(9)3-6(7)10/h2-3,11H,10H2,1H3. The Bertz CT molecular complexity index is 275. The maximum absolute atomic E-state index is 12.8. The number of benzene rings is 1. The van der Waals surface area contributed by atoms with E-state index >= 15 is 0 Å². The number of halogens is 2. The second-order valence-electron chi connectivity index (χ2n) is 2.10. The highest BCUT2D eigenvalue weighted by atomic mass is 127. The van der Waals surface area contributed by atoms with Gasteiger partial charge in [-0.25, -0.2) is 4.39 Å². The van der Waals surface area contributed by atoms with E-state index in [1.165, 1.54) is 6.07 Å². The van der Waals surface area contributed by atoms with Crippen molar-refractivity contribution in [2.24, 2.45) is 0 Å². The zero-order valence-electron chi connectivity index (χ0n) is 5.99. The van der Waals surface area contributed by atoms with Crippen LogP contribution in [-0.2, 0) is 0 Å². The molecule has 0 amide bonds. The first kappa shape index (κ1) is 8.58. The third-order valence-corrected chi connectivity index (χ3v) is 2.19. The smallest absolute Gasteiger partial charge is 0.138 e. The zero-order valence-corrected chi connectivity index (χ0v) is 8.15. The Balaban J connectivity index is 3.21. The molecule has 2 nitrogen and oxygen atoms in total. The highest BCUT2D eigenvalue weighted by Gasteiger charge is 2.03. The predicted octanol–water partition coefficient (Wildman–Crippen LogP) is 2.05. The van der Waals surface area contributed by atoms with Gasteiger partial charge in [-0.15, -0.1) is 0 Å². The zero-order chi connectivity index (χ0) is 8.43. The molecule has 1 aromatic rings. The summed E-state index contributed by atoms with van der Waals surface area (Å²) >= 11 is 1.90. The Kier molecular flexibility index (Phi) is 2.53. The number of nitrogen functional groups attached to an aromatic ring is 1. The fraction of sp³-hybridized carbons (Fsp3) is 0.143. The Morgan fingerprint density at radius 3 is 2.73 bits per heavy atom. The van der Waals surface area contributed by atoms with Crippen molar-refractivity contribution in [1.29, 1.82) is 0 Å². The fourth-order valence-corrected chi connectivity index (χ4v) is 1.27. The van der Waals surface area contributed by atoms with Gasteiger partial charge in [0.05, 0.1) is 14.9 Å². The lowest BCUT2D eigenvalue weighted by Gasteiger charge is -2.05. The van der Waals surface area contributed by atoms with Crippen molar-refractivity contribution in [2.75, 3.05) is 18.1 Å². The molecule has 1 rings (SSSR count). The molecule has 11 heavy (non-hydrogen) atoms. The molecule has 0 saturated carbocycles. The van der Waals surface area contributed by atoms with Gasteiger partial charge in [0, 0.05) is 13.1 Å². The van der Waals surface area contributed by atoms with E-state index in [1.54, 1.807) is 13.1 Å². The first-order valence-corrected chi connectivity index (χ1v) is 4.15. The summed E-state index contributed by atoms with van der Waals surface area (Å²) in [4.78, 5) is 0. The van der Waals surface area contributed by atoms with Crippen molar-refractivity contribution in [3.05, 3.63) is 21.5 Å². The molecule has 0 heterocycles. The van der Waals surface area contributed by atoms with Crippen molar-refractivity contribution in [2.45, 2.75) is 0 Å². The van der Waals surface area contributed by atoms with Crippen LogP contribution in [-0.4, -0.2) is 7.05 Å².